The molecule has 1 fully saturated rings. The molecule has 1 aliphatic rings. The second kappa shape index (κ2) is 9.51. The molecule has 0 aliphatic heterocycles. The van der Waals surface area contributed by atoms with E-state index >= 15 is 0 Å². The minimum absolute atomic E-state index is 0.0454. The van der Waals surface area contributed by atoms with Crippen molar-refractivity contribution in [3.05, 3.63) is 60.9 Å². The highest BCUT2D eigenvalue weighted by Crippen LogP contribution is 2.29. The fraction of sp³-hybridized carbons (Fsp3) is 0.308. The molecule has 0 amide bonds. The molecule has 2 aromatic carbocycles. The number of ether oxygens (including phenoxy) is 1. The summed E-state index contributed by atoms with van der Waals surface area (Å²) in [6.45, 7) is 0. The van der Waals surface area contributed by atoms with Crippen LogP contribution in [0.4, 0.5) is 11.6 Å². The van der Waals surface area contributed by atoms with E-state index < -0.39 is 5.97 Å². The van der Waals surface area contributed by atoms with Gasteiger partial charge in [-0.05, 0) is 61.4 Å². The van der Waals surface area contributed by atoms with Crippen molar-refractivity contribution in [1.29, 1.82) is 0 Å². The van der Waals surface area contributed by atoms with Gasteiger partial charge in [0.1, 0.15) is 6.10 Å². The van der Waals surface area contributed by atoms with Crippen LogP contribution in [-0.4, -0.2) is 36.7 Å². The number of aryl methyl sites for hydroxylation is 1. The van der Waals surface area contributed by atoms with Gasteiger partial charge in [0.2, 0.25) is 5.95 Å². The molecule has 0 spiro atoms. The first-order valence-electron chi connectivity index (χ1n) is 11.5. The number of carbonyl (C=O) groups is 1. The van der Waals surface area contributed by atoms with Crippen LogP contribution in [0.25, 0.3) is 22.2 Å². The molecule has 1 aliphatic carbocycles. The Morgan fingerprint density at radius 1 is 1.03 bits per heavy atom. The number of hydrogen-bond acceptors (Lipinski definition) is 6. The zero-order valence-corrected chi connectivity index (χ0v) is 19.0. The quantitative estimate of drug-likeness (QED) is 0.394. The van der Waals surface area contributed by atoms with E-state index in [4.69, 9.17) is 9.84 Å². The predicted octanol–water partition coefficient (Wildman–Crippen LogP) is 5.19. The van der Waals surface area contributed by atoms with E-state index in [1.165, 1.54) is 0 Å². The molecule has 4 aromatic rings. The minimum Gasteiger partial charge on any atom is -0.481 e. The molecule has 0 saturated heterocycles. The summed E-state index contributed by atoms with van der Waals surface area (Å²) in [7, 11) is 1.99. The van der Waals surface area contributed by atoms with Crippen molar-refractivity contribution in [1.82, 2.24) is 19.5 Å². The van der Waals surface area contributed by atoms with E-state index in [-0.39, 0.29) is 18.4 Å². The summed E-state index contributed by atoms with van der Waals surface area (Å²) in [6.07, 6.45) is 7.23. The Morgan fingerprint density at radius 3 is 2.41 bits per heavy atom. The summed E-state index contributed by atoms with van der Waals surface area (Å²) in [4.78, 5) is 24.3. The largest absolute Gasteiger partial charge is 0.481 e. The van der Waals surface area contributed by atoms with E-state index in [1.54, 1.807) is 12.4 Å². The Kier molecular flexibility index (Phi) is 6.12. The van der Waals surface area contributed by atoms with E-state index in [0.29, 0.717) is 6.01 Å². The van der Waals surface area contributed by atoms with Gasteiger partial charge in [0.15, 0.2) is 0 Å². The van der Waals surface area contributed by atoms with Gasteiger partial charge in [0.05, 0.1) is 11.0 Å². The fourth-order valence-electron chi connectivity index (χ4n) is 4.51. The van der Waals surface area contributed by atoms with Crippen LogP contribution in [0.15, 0.2) is 60.9 Å². The number of carboxylic acids is 1. The van der Waals surface area contributed by atoms with E-state index in [0.717, 1.165) is 59.5 Å². The maximum atomic E-state index is 10.9. The molecule has 2 aromatic heterocycles. The third-order valence-corrected chi connectivity index (χ3v) is 6.42. The zero-order valence-electron chi connectivity index (χ0n) is 19.0. The van der Waals surface area contributed by atoms with E-state index in [2.05, 4.69) is 26.3 Å². The number of rotatable bonds is 7. The zero-order chi connectivity index (χ0) is 23.5. The summed E-state index contributed by atoms with van der Waals surface area (Å²) in [5, 5.41) is 12.3. The molecular formula is C26H27N5O3. The Hall–Kier alpha value is -3.94. The molecule has 8 nitrogen and oxygen atoms in total. The lowest BCUT2D eigenvalue weighted by atomic mass is 9.85. The number of carboxylic acid groups (broad SMARTS) is 1. The average molecular weight is 458 g/mol. The summed E-state index contributed by atoms with van der Waals surface area (Å²) in [5.41, 5.74) is 4.90. The standard InChI is InChI=1S/C26H27N5O3/c1-31-23-5-3-2-4-22(23)30-25(31)29-20-10-8-18(9-11-20)19-15-27-26(28-16-19)34-21-12-6-17(7-13-21)14-24(32)33/h2-5,8-11,15-17,21H,6-7,12-14H2,1H3,(H,29,30)(H,32,33). The average Bonchev–Trinajstić information content (AvgIpc) is 3.16. The van der Waals surface area contributed by atoms with E-state index in [1.807, 2.05) is 54.1 Å². The number of aromatic nitrogens is 4. The highest BCUT2D eigenvalue weighted by atomic mass is 16.5. The number of anilines is 2. The van der Waals surface area contributed by atoms with Crippen LogP contribution in [0.2, 0.25) is 0 Å². The van der Waals surface area contributed by atoms with Crippen LogP contribution in [-0.2, 0) is 11.8 Å². The molecule has 1 saturated carbocycles. The molecule has 0 unspecified atom stereocenters. The highest BCUT2D eigenvalue weighted by Gasteiger charge is 2.24. The SMILES string of the molecule is Cn1c(Nc2ccc(-c3cnc(OC4CCC(CC(=O)O)CC4)nc3)cc2)nc2ccccc21. The first-order chi connectivity index (χ1) is 16.5. The fourth-order valence-corrected chi connectivity index (χ4v) is 4.51. The van der Waals surface area contributed by atoms with Crippen LogP contribution < -0.4 is 10.1 Å². The molecule has 0 atom stereocenters. The smallest absolute Gasteiger partial charge is 0.316 e. The number of hydrogen-bond donors (Lipinski definition) is 2. The van der Waals surface area contributed by atoms with Crippen molar-refractivity contribution >= 4 is 28.6 Å². The number of benzene rings is 2. The third kappa shape index (κ3) is 4.85. The topological polar surface area (TPSA) is 102 Å². The number of para-hydroxylation sites is 2. The molecular weight excluding hydrogens is 430 g/mol. The summed E-state index contributed by atoms with van der Waals surface area (Å²) < 4.78 is 7.97. The highest BCUT2D eigenvalue weighted by molar-refractivity contribution is 5.79. The Labute approximate surface area is 197 Å². The second-order valence-corrected chi connectivity index (χ2v) is 8.80. The molecule has 174 valence electrons. The molecule has 5 rings (SSSR count). The third-order valence-electron chi connectivity index (χ3n) is 6.42. The van der Waals surface area contributed by atoms with Crippen LogP contribution in [0.1, 0.15) is 32.1 Å². The van der Waals surface area contributed by atoms with Crippen LogP contribution in [0, 0.1) is 5.92 Å². The summed E-state index contributed by atoms with van der Waals surface area (Å²) >= 11 is 0. The van der Waals surface area contributed by atoms with Gasteiger partial charge in [-0.1, -0.05) is 24.3 Å². The summed E-state index contributed by atoms with van der Waals surface area (Å²) in [6, 6.07) is 16.5. The van der Waals surface area contributed by atoms with Gasteiger partial charge in [0, 0.05) is 37.1 Å². The van der Waals surface area contributed by atoms with Crippen LogP contribution >= 0.6 is 0 Å². The second-order valence-electron chi connectivity index (χ2n) is 8.80. The predicted molar refractivity (Wildman–Crippen MR) is 130 cm³/mol. The van der Waals surface area contributed by atoms with E-state index in [9.17, 15) is 4.79 Å². The molecule has 0 bridgehead atoms. The number of aliphatic carboxylic acids is 1. The lowest BCUT2D eigenvalue weighted by molar-refractivity contribution is -0.138. The minimum atomic E-state index is -0.725. The van der Waals surface area contributed by atoms with Crippen molar-refractivity contribution in [2.24, 2.45) is 13.0 Å². The van der Waals surface area contributed by atoms with Crippen molar-refractivity contribution < 1.29 is 14.6 Å². The Balaban J connectivity index is 1.19. The lowest BCUT2D eigenvalue weighted by Crippen LogP contribution is -2.25. The Bertz CT molecular complexity index is 1280. The number of nitrogens with one attached hydrogen (secondary N) is 1. The molecule has 8 heteroatoms. The first-order valence-corrected chi connectivity index (χ1v) is 11.5. The number of imidazole rings is 1. The van der Waals surface area contributed by atoms with Crippen molar-refractivity contribution in [2.75, 3.05) is 5.32 Å². The molecule has 34 heavy (non-hydrogen) atoms. The van der Waals surface area contributed by atoms with Gasteiger partial charge in [-0.25, -0.2) is 15.0 Å². The van der Waals surface area contributed by atoms with Gasteiger partial charge in [-0.15, -0.1) is 0 Å². The van der Waals surface area contributed by atoms with Crippen molar-refractivity contribution in [3.63, 3.8) is 0 Å². The van der Waals surface area contributed by atoms with Gasteiger partial charge < -0.3 is 19.7 Å². The van der Waals surface area contributed by atoms with Gasteiger partial charge in [0.25, 0.3) is 0 Å². The van der Waals surface area contributed by atoms with Gasteiger partial charge in [-0.3, -0.25) is 4.79 Å². The number of nitrogens with zero attached hydrogens (tertiary/aromatic N) is 4. The maximum Gasteiger partial charge on any atom is 0.316 e. The number of fused-ring (bicyclic) bond motifs is 1. The van der Waals surface area contributed by atoms with Crippen molar-refractivity contribution in [2.45, 2.75) is 38.2 Å². The van der Waals surface area contributed by atoms with Gasteiger partial charge >= 0.3 is 12.0 Å². The van der Waals surface area contributed by atoms with Crippen LogP contribution in [0.3, 0.4) is 0 Å². The lowest BCUT2D eigenvalue weighted by Gasteiger charge is -2.27. The Morgan fingerprint density at radius 2 is 1.74 bits per heavy atom. The maximum absolute atomic E-state index is 10.9. The first kappa shape index (κ1) is 21.9. The molecule has 2 N–H and O–H groups in total. The molecule has 0 radical (unpaired) electrons. The van der Waals surface area contributed by atoms with Gasteiger partial charge in [-0.2, -0.15) is 0 Å². The monoisotopic (exact) mass is 457 g/mol. The normalized spacial score (nSPS) is 18.0. The molecule has 2 heterocycles. The van der Waals surface area contributed by atoms with Crippen LogP contribution in [0.5, 0.6) is 6.01 Å². The summed E-state index contributed by atoms with van der Waals surface area (Å²) in [5.74, 6) is 0.308. The van der Waals surface area contributed by atoms with Crippen molar-refractivity contribution in [3.8, 4) is 17.1 Å².